The SMILES string of the molecule is Cc1nc(-c2ccccc2)ccc1-c1n[nH]c(=S)n1C(C)C. The lowest BCUT2D eigenvalue weighted by atomic mass is 10.1. The number of H-pyrrole nitrogens is 1. The number of nitrogens with zero attached hydrogens (tertiary/aromatic N) is 3. The van der Waals surface area contributed by atoms with Crippen LogP contribution in [0.25, 0.3) is 22.6 Å². The molecule has 0 bridgehead atoms. The summed E-state index contributed by atoms with van der Waals surface area (Å²) in [5.74, 6) is 0.838. The molecular formula is C17H18N4S. The Morgan fingerprint density at radius 3 is 2.45 bits per heavy atom. The molecule has 2 aromatic heterocycles. The largest absolute Gasteiger partial charge is 0.298 e. The molecule has 0 unspecified atom stereocenters. The average Bonchev–Trinajstić information content (AvgIpc) is 2.89. The first-order chi connectivity index (χ1) is 10.6. The van der Waals surface area contributed by atoms with Crippen LogP contribution in [0.2, 0.25) is 0 Å². The second-order valence-electron chi connectivity index (χ2n) is 5.51. The molecule has 0 fully saturated rings. The quantitative estimate of drug-likeness (QED) is 0.721. The third-order valence-electron chi connectivity index (χ3n) is 3.62. The van der Waals surface area contributed by atoms with Gasteiger partial charge in [-0.1, -0.05) is 30.3 Å². The molecular weight excluding hydrogens is 292 g/mol. The van der Waals surface area contributed by atoms with E-state index in [1.54, 1.807) is 0 Å². The number of aromatic nitrogens is 4. The van der Waals surface area contributed by atoms with Crippen molar-refractivity contribution in [1.29, 1.82) is 0 Å². The molecule has 4 nitrogen and oxygen atoms in total. The Morgan fingerprint density at radius 2 is 1.82 bits per heavy atom. The molecule has 1 N–H and O–H groups in total. The van der Waals surface area contributed by atoms with Crippen LogP contribution in [0.15, 0.2) is 42.5 Å². The van der Waals surface area contributed by atoms with E-state index in [9.17, 15) is 0 Å². The number of hydrogen-bond acceptors (Lipinski definition) is 3. The number of nitrogens with one attached hydrogen (secondary N) is 1. The van der Waals surface area contributed by atoms with Gasteiger partial charge in [-0.15, -0.1) is 0 Å². The van der Waals surface area contributed by atoms with Crippen molar-refractivity contribution in [3.63, 3.8) is 0 Å². The minimum Gasteiger partial charge on any atom is -0.298 e. The zero-order valence-electron chi connectivity index (χ0n) is 12.9. The number of pyridine rings is 1. The van der Waals surface area contributed by atoms with Crippen molar-refractivity contribution in [2.75, 3.05) is 0 Å². The number of aryl methyl sites for hydroxylation is 1. The van der Waals surface area contributed by atoms with Crippen LogP contribution in [0.4, 0.5) is 0 Å². The third-order valence-corrected chi connectivity index (χ3v) is 3.91. The van der Waals surface area contributed by atoms with Crippen LogP contribution in [0.5, 0.6) is 0 Å². The summed E-state index contributed by atoms with van der Waals surface area (Å²) in [6, 6.07) is 14.5. The highest BCUT2D eigenvalue weighted by Crippen LogP contribution is 2.26. The summed E-state index contributed by atoms with van der Waals surface area (Å²) < 4.78 is 2.65. The number of benzene rings is 1. The van der Waals surface area contributed by atoms with Crippen LogP contribution in [-0.4, -0.2) is 19.7 Å². The summed E-state index contributed by atoms with van der Waals surface area (Å²) in [5.41, 5.74) is 4.02. The zero-order chi connectivity index (χ0) is 15.7. The average molecular weight is 310 g/mol. The lowest BCUT2D eigenvalue weighted by molar-refractivity contribution is 0.596. The van der Waals surface area contributed by atoms with Gasteiger partial charge < -0.3 is 0 Å². The van der Waals surface area contributed by atoms with Crippen LogP contribution in [0.1, 0.15) is 25.6 Å². The van der Waals surface area contributed by atoms with Gasteiger partial charge in [-0.2, -0.15) is 5.10 Å². The molecule has 0 aliphatic heterocycles. The fraction of sp³-hybridized carbons (Fsp3) is 0.235. The minimum atomic E-state index is 0.245. The molecule has 0 saturated carbocycles. The molecule has 5 heteroatoms. The van der Waals surface area contributed by atoms with Gasteiger partial charge in [-0.3, -0.25) is 14.6 Å². The van der Waals surface area contributed by atoms with E-state index in [0.29, 0.717) is 4.77 Å². The van der Waals surface area contributed by atoms with Gasteiger partial charge in [-0.25, -0.2) is 0 Å². The first kappa shape index (κ1) is 14.7. The Balaban J connectivity index is 2.09. The molecule has 0 radical (unpaired) electrons. The maximum atomic E-state index is 5.32. The van der Waals surface area contributed by atoms with Gasteiger partial charge in [0.05, 0.1) is 5.69 Å². The van der Waals surface area contributed by atoms with Gasteiger partial charge in [0.15, 0.2) is 10.6 Å². The summed E-state index contributed by atoms with van der Waals surface area (Å²) in [6.07, 6.45) is 0. The van der Waals surface area contributed by atoms with E-state index < -0.39 is 0 Å². The maximum Gasteiger partial charge on any atom is 0.195 e. The molecule has 112 valence electrons. The van der Waals surface area contributed by atoms with E-state index in [1.165, 1.54) is 0 Å². The lowest BCUT2D eigenvalue weighted by Crippen LogP contribution is -2.04. The topological polar surface area (TPSA) is 46.5 Å². The second kappa shape index (κ2) is 5.85. The second-order valence-corrected chi connectivity index (χ2v) is 5.90. The number of hydrogen-bond donors (Lipinski definition) is 1. The minimum absolute atomic E-state index is 0.245. The van der Waals surface area contributed by atoms with E-state index in [-0.39, 0.29) is 6.04 Å². The Hall–Kier alpha value is -2.27. The Labute approximate surface area is 134 Å². The predicted octanol–water partition coefficient (Wildman–Crippen LogP) is 4.56. The molecule has 22 heavy (non-hydrogen) atoms. The van der Waals surface area contributed by atoms with E-state index >= 15 is 0 Å². The van der Waals surface area contributed by atoms with Gasteiger partial charge >= 0.3 is 0 Å². The zero-order valence-corrected chi connectivity index (χ0v) is 13.7. The smallest absolute Gasteiger partial charge is 0.195 e. The van der Waals surface area contributed by atoms with Gasteiger partial charge in [0.2, 0.25) is 0 Å². The van der Waals surface area contributed by atoms with Crippen LogP contribution in [-0.2, 0) is 0 Å². The molecule has 0 aliphatic rings. The molecule has 0 atom stereocenters. The fourth-order valence-electron chi connectivity index (χ4n) is 2.54. The maximum absolute atomic E-state index is 5.32. The summed E-state index contributed by atoms with van der Waals surface area (Å²) in [5, 5.41) is 7.25. The molecule has 3 aromatic rings. The van der Waals surface area contributed by atoms with Crippen molar-refractivity contribution in [2.45, 2.75) is 26.8 Å². The monoisotopic (exact) mass is 310 g/mol. The third kappa shape index (κ3) is 2.60. The standard InChI is InChI=1S/C17H18N4S/c1-11(2)21-16(19-20-17(21)22)14-9-10-15(18-12(14)3)13-7-5-4-6-8-13/h4-11H,1-3H3,(H,20,22). The summed E-state index contributed by atoms with van der Waals surface area (Å²) in [4.78, 5) is 4.73. The van der Waals surface area contributed by atoms with Crippen LogP contribution in [0.3, 0.4) is 0 Å². The number of aromatic amines is 1. The van der Waals surface area contributed by atoms with E-state index in [4.69, 9.17) is 17.2 Å². The Bertz CT molecular complexity index is 847. The van der Waals surface area contributed by atoms with Crippen LogP contribution < -0.4 is 0 Å². The highest BCUT2D eigenvalue weighted by Gasteiger charge is 2.14. The van der Waals surface area contributed by atoms with Gasteiger partial charge in [0.1, 0.15) is 0 Å². The normalized spacial score (nSPS) is 11.1. The van der Waals surface area contributed by atoms with E-state index in [2.05, 4.69) is 42.2 Å². The van der Waals surface area contributed by atoms with Crippen molar-refractivity contribution in [1.82, 2.24) is 19.7 Å². The van der Waals surface area contributed by atoms with Gasteiger partial charge in [0.25, 0.3) is 0 Å². The van der Waals surface area contributed by atoms with Gasteiger partial charge in [0, 0.05) is 22.9 Å². The van der Waals surface area contributed by atoms with Gasteiger partial charge in [-0.05, 0) is 45.1 Å². The number of rotatable bonds is 3. The molecule has 0 amide bonds. The van der Waals surface area contributed by atoms with Crippen molar-refractivity contribution in [3.05, 3.63) is 52.9 Å². The Morgan fingerprint density at radius 1 is 1.09 bits per heavy atom. The molecule has 0 aliphatic carbocycles. The van der Waals surface area contributed by atoms with Crippen LogP contribution in [0, 0.1) is 11.7 Å². The Kier molecular flexibility index (Phi) is 3.90. The summed E-state index contributed by atoms with van der Waals surface area (Å²) >= 11 is 5.32. The van der Waals surface area contributed by atoms with Crippen molar-refractivity contribution >= 4 is 12.2 Å². The molecule has 1 aromatic carbocycles. The van der Waals surface area contributed by atoms with Crippen molar-refractivity contribution < 1.29 is 0 Å². The molecule has 2 heterocycles. The first-order valence-corrected chi connectivity index (χ1v) is 7.69. The van der Waals surface area contributed by atoms with Crippen LogP contribution >= 0.6 is 12.2 Å². The first-order valence-electron chi connectivity index (χ1n) is 7.28. The summed E-state index contributed by atoms with van der Waals surface area (Å²) in [7, 11) is 0. The molecule has 0 saturated heterocycles. The lowest BCUT2D eigenvalue weighted by Gasteiger charge is -2.12. The van der Waals surface area contributed by atoms with E-state index in [1.807, 2.05) is 35.8 Å². The van der Waals surface area contributed by atoms with Crippen molar-refractivity contribution in [2.24, 2.45) is 0 Å². The molecule has 3 rings (SSSR count). The highest BCUT2D eigenvalue weighted by atomic mass is 32.1. The predicted molar refractivity (Wildman–Crippen MR) is 91.2 cm³/mol. The fourth-order valence-corrected chi connectivity index (χ4v) is 2.88. The molecule has 0 spiro atoms. The highest BCUT2D eigenvalue weighted by molar-refractivity contribution is 7.71. The van der Waals surface area contributed by atoms with E-state index in [0.717, 1.165) is 28.3 Å². The van der Waals surface area contributed by atoms with Crippen molar-refractivity contribution in [3.8, 4) is 22.6 Å². The summed E-state index contributed by atoms with van der Waals surface area (Å²) in [6.45, 7) is 6.19.